The van der Waals surface area contributed by atoms with Crippen molar-refractivity contribution in [1.82, 2.24) is 9.97 Å². The van der Waals surface area contributed by atoms with Gasteiger partial charge in [0.2, 0.25) is 5.91 Å². The topological polar surface area (TPSA) is 54.9 Å². The van der Waals surface area contributed by atoms with Gasteiger partial charge in [0.25, 0.3) is 0 Å². The van der Waals surface area contributed by atoms with Gasteiger partial charge in [0.15, 0.2) is 5.82 Å². The van der Waals surface area contributed by atoms with Crippen molar-refractivity contribution in [2.75, 3.05) is 5.32 Å². The Morgan fingerprint density at radius 1 is 1.37 bits per heavy atom. The summed E-state index contributed by atoms with van der Waals surface area (Å²) >= 11 is 7.31. The van der Waals surface area contributed by atoms with Crippen LogP contribution in [0.1, 0.15) is 5.56 Å². The van der Waals surface area contributed by atoms with Gasteiger partial charge >= 0.3 is 0 Å². The van der Waals surface area contributed by atoms with E-state index in [0.717, 1.165) is 6.42 Å². The standard InChI is InChI=1S/C13H10ClN3OS/c14-11-6-15-7-12(16-11)17-13(18)10-5-8-3-1-2-4-9(8)19-10/h1-4,6-7,10H,5H2,(H,16,17,18). The predicted octanol–water partition coefficient (Wildman–Crippen LogP) is 2.79. The SMILES string of the molecule is O=C(Nc1cncc(Cl)n1)C1Cc2ccccc2S1. The summed E-state index contributed by atoms with van der Waals surface area (Å²) in [7, 11) is 0. The van der Waals surface area contributed by atoms with Crippen LogP contribution in [0.2, 0.25) is 5.15 Å². The van der Waals surface area contributed by atoms with Crippen molar-refractivity contribution in [1.29, 1.82) is 0 Å². The minimum Gasteiger partial charge on any atom is -0.308 e. The summed E-state index contributed by atoms with van der Waals surface area (Å²) in [4.78, 5) is 21.2. The van der Waals surface area contributed by atoms with E-state index in [1.807, 2.05) is 18.2 Å². The van der Waals surface area contributed by atoms with E-state index in [0.29, 0.717) is 5.82 Å². The molecule has 2 heterocycles. The molecule has 1 aromatic carbocycles. The van der Waals surface area contributed by atoms with Gasteiger partial charge in [-0.05, 0) is 18.1 Å². The Kier molecular flexibility index (Phi) is 3.40. The number of hydrogen-bond acceptors (Lipinski definition) is 4. The molecule has 2 aromatic rings. The average Bonchev–Trinajstić information content (AvgIpc) is 2.82. The molecule has 0 spiro atoms. The van der Waals surface area contributed by atoms with E-state index in [4.69, 9.17) is 11.6 Å². The maximum atomic E-state index is 12.2. The highest BCUT2D eigenvalue weighted by atomic mass is 35.5. The lowest BCUT2D eigenvalue weighted by Gasteiger charge is -2.08. The van der Waals surface area contributed by atoms with Crippen molar-refractivity contribution >= 4 is 35.1 Å². The zero-order valence-electron chi connectivity index (χ0n) is 9.84. The van der Waals surface area contributed by atoms with E-state index in [1.54, 1.807) is 11.8 Å². The van der Waals surface area contributed by atoms with E-state index < -0.39 is 0 Å². The predicted molar refractivity (Wildman–Crippen MR) is 75.5 cm³/mol. The minimum absolute atomic E-state index is 0.0715. The summed E-state index contributed by atoms with van der Waals surface area (Å²) in [5.74, 6) is 0.312. The first-order valence-corrected chi connectivity index (χ1v) is 7.01. The van der Waals surface area contributed by atoms with Crippen molar-refractivity contribution in [2.24, 2.45) is 0 Å². The summed E-state index contributed by atoms with van der Waals surface area (Å²) in [5, 5.41) is 2.88. The van der Waals surface area contributed by atoms with Gasteiger partial charge in [0.05, 0.1) is 17.6 Å². The third-order valence-corrected chi connectivity index (χ3v) is 4.30. The highest BCUT2D eigenvalue weighted by Crippen LogP contribution is 2.37. The number of rotatable bonds is 2. The number of anilines is 1. The summed E-state index contributed by atoms with van der Waals surface area (Å²) in [6.07, 6.45) is 3.65. The number of aromatic nitrogens is 2. The number of carbonyl (C=O) groups is 1. The van der Waals surface area contributed by atoms with E-state index in [2.05, 4.69) is 21.4 Å². The summed E-state index contributed by atoms with van der Waals surface area (Å²) in [6, 6.07) is 8.05. The zero-order valence-corrected chi connectivity index (χ0v) is 11.4. The highest BCUT2D eigenvalue weighted by Gasteiger charge is 2.28. The molecule has 0 fully saturated rings. The quantitative estimate of drug-likeness (QED) is 0.924. The fraction of sp³-hybridized carbons (Fsp3) is 0.154. The normalized spacial score (nSPS) is 17.0. The van der Waals surface area contributed by atoms with Gasteiger partial charge in [0, 0.05) is 4.90 Å². The maximum absolute atomic E-state index is 12.2. The molecule has 1 N–H and O–H groups in total. The first-order chi connectivity index (χ1) is 9.22. The lowest BCUT2D eigenvalue weighted by atomic mass is 10.1. The van der Waals surface area contributed by atoms with Gasteiger partial charge in [-0.15, -0.1) is 11.8 Å². The van der Waals surface area contributed by atoms with Crippen LogP contribution in [0.25, 0.3) is 0 Å². The molecule has 4 nitrogen and oxygen atoms in total. The van der Waals surface area contributed by atoms with E-state index in [9.17, 15) is 4.79 Å². The van der Waals surface area contributed by atoms with Crippen LogP contribution in [0.4, 0.5) is 5.82 Å². The fourth-order valence-electron chi connectivity index (χ4n) is 1.94. The molecule has 1 atom stereocenters. The number of benzene rings is 1. The smallest absolute Gasteiger partial charge is 0.239 e. The third kappa shape index (κ3) is 2.72. The van der Waals surface area contributed by atoms with Crippen LogP contribution < -0.4 is 5.32 Å². The molecule has 0 aliphatic carbocycles. The summed E-state index contributed by atoms with van der Waals surface area (Å²) in [5.41, 5.74) is 1.21. The Morgan fingerprint density at radius 3 is 3.00 bits per heavy atom. The summed E-state index contributed by atoms with van der Waals surface area (Å²) < 4.78 is 0. The Morgan fingerprint density at radius 2 is 2.21 bits per heavy atom. The van der Waals surface area contributed by atoms with Gasteiger partial charge in [-0.3, -0.25) is 9.78 Å². The van der Waals surface area contributed by atoms with Crippen molar-refractivity contribution < 1.29 is 4.79 Å². The molecule has 96 valence electrons. The molecule has 1 unspecified atom stereocenters. The number of thioether (sulfide) groups is 1. The van der Waals surface area contributed by atoms with Crippen LogP contribution in [-0.4, -0.2) is 21.1 Å². The number of amides is 1. The van der Waals surface area contributed by atoms with Crippen LogP contribution in [0.15, 0.2) is 41.6 Å². The molecular weight excluding hydrogens is 282 g/mol. The number of carbonyl (C=O) groups excluding carboxylic acids is 1. The second kappa shape index (κ2) is 5.19. The Bertz CT molecular complexity index is 610. The van der Waals surface area contributed by atoms with Crippen molar-refractivity contribution in [2.45, 2.75) is 16.6 Å². The Labute approximate surface area is 119 Å². The minimum atomic E-state index is -0.127. The molecule has 3 rings (SSSR count). The largest absolute Gasteiger partial charge is 0.308 e. The fourth-order valence-corrected chi connectivity index (χ4v) is 3.28. The average molecular weight is 292 g/mol. The molecule has 0 bridgehead atoms. The zero-order chi connectivity index (χ0) is 13.2. The second-order valence-electron chi connectivity index (χ2n) is 4.13. The number of hydrogen-bond donors (Lipinski definition) is 1. The molecule has 0 saturated heterocycles. The first kappa shape index (κ1) is 12.4. The molecule has 1 aromatic heterocycles. The molecule has 1 aliphatic rings. The lowest BCUT2D eigenvalue weighted by molar-refractivity contribution is -0.115. The van der Waals surface area contributed by atoms with Crippen molar-refractivity contribution in [3.8, 4) is 0 Å². The van der Waals surface area contributed by atoms with Crippen molar-refractivity contribution in [3.63, 3.8) is 0 Å². The number of fused-ring (bicyclic) bond motifs is 1. The van der Waals surface area contributed by atoms with Crippen LogP contribution in [-0.2, 0) is 11.2 Å². The molecule has 19 heavy (non-hydrogen) atoms. The number of halogens is 1. The number of nitrogens with zero attached hydrogens (tertiary/aromatic N) is 2. The molecule has 1 aliphatic heterocycles. The van der Waals surface area contributed by atoms with Crippen LogP contribution in [0.3, 0.4) is 0 Å². The van der Waals surface area contributed by atoms with E-state index in [1.165, 1.54) is 22.9 Å². The Hall–Kier alpha value is -1.59. The third-order valence-electron chi connectivity index (χ3n) is 2.80. The molecule has 0 saturated carbocycles. The van der Waals surface area contributed by atoms with Gasteiger partial charge in [-0.25, -0.2) is 4.98 Å². The van der Waals surface area contributed by atoms with Gasteiger partial charge in [0.1, 0.15) is 5.15 Å². The van der Waals surface area contributed by atoms with E-state index in [-0.39, 0.29) is 16.3 Å². The monoisotopic (exact) mass is 291 g/mol. The summed E-state index contributed by atoms with van der Waals surface area (Å²) in [6.45, 7) is 0. The Balaban J connectivity index is 1.70. The van der Waals surface area contributed by atoms with Crippen LogP contribution >= 0.6 is 23.4 Å². The lowest BCUT2D eigenvalue weighted by Crippen LogP contribution is -2.25. The van der Waals surface area contributed by atoms with Gasteiger partial charge in [-0.2, -0.15) is 0 Å². The van der Waals surface area contributed by atoms with Crippen LogP contribution in [0.5, 0.6) is 0 Å². The van der Waals surface area contributed by atoms with Crippen LogP contribution in [0, 0.1) is 0 Å². The van der Waals surface area contributed by atoms with Crippen molar-refractivity contribution in [3.05, 3.63) is 47.4 Å². The first-order valence-electron chi connectivity index (χ1n) is 5.75. The molecular formula is C13H10ClN3OS. The maximum Gasteiger partial charge on any atom is 0.239 e. The van der Waals surface area contributed by atoms with Gasteiger partial charge in [-0.1, -0.05) is 29.8 Å². The molecule has 0 radical (unpaired) electrons. The van der Waals surface area contributed by atoms with E-state index >= 15 is 0 Å². The highest BCUT2D eigenvalue weighted by molar-refractivity contribution is 8.01. The molecule has 1 amide bonds. The number of nitrogens with one attached hydrogen (secondary N) is 1. The molecule has 6 heteroatoms. The van der Waals surface area contributed by atoms with Gasteiger partial charge < -0.3 is 5.32 Å². The second-order valence-corrected chi connectivity index (χ2v) is 5.77.